The molecular weight excluding hydrogens is 450 g/mol. The van der Waals surface area contributed by atoms with Crippen LogP contribution in [0.4, 0.5) is 10.7 Å². The molecule has 0 bridgehead atoms. The molecule has 0 aliphatic carbocycles. The van der Waals surface area contributed by atoms with Gasteiger partial charge in [-0.05, 0) is 32.8 Å². The first-order valence-electron chi connectivity index (χ1n) is 11.8. The van der Waals surface area contributed by atoms with E-state index >= 15 is 0 Å². The van der Waals surface area contributed by atoms with Crippen LogP contribution < -0.4 is 10.9 Å². The van der Waals surface area contributed by atoms with Crippen molar-refractivity contribution in [3.63, 3.8) is 0 Å². The first-order chi connectivity index (χ1) is 16.9. The van der Waals surface area contributed by atoms with Crippen molar-refractivity contribution < 1.29 is 14.3 Å². The number of H-pyrrole nitrogens is 1. The number of aryl methyl sites for hydroxylation is 2. The molecule has 0 spiro atoms. The summed E-state index contributed by atoms with van der Waals surface area (Å²) in [5, 5.41) is 6.15. The fourth-order valence-electron chi connectivity index (χ4n) is 4.06. The van der Waals surface area contributed by atoms with Crippen molar-refractivity contribution >= 4 is 23.7 Å². The molecule has 3 aromatic rings. The second kappa shape index (κ2) is 10.6. The number of aromatic amines is 1. The average Bonchev–Trinajstić information content (AvgIpc) is 3.26. The predicted octanol–water partition coefficient (Wildman–Crippen LogP) is 1.88. The molecule has 186 valence electrons. The molecule has 0 saturated carbocycles. The molecule has 3 heterocycles. The van der Waals surface area contributed by atoms with E-state index in [1.54, 1.807) is 23.6 Å². The maximum Gasteiger partial charge on any atom is 0.409 e. The van der Waals surface area contributed by atoms with Gasteiger partial charge in [-0.25, -0.2) is 9.78 Å². The van der Waals surface area contributed by atoms with Crippen LogP contribution in [0.25, 0.3) is 5.78 Å². The second-order valence-electron chi connectivity index (χ2n) is 8.59. The van der Waals surface area contributed by atoms with Gasteiger partial charge < -0.3 is 19.9 Å². The highest BCUT2D eigenvalue weighted by Gasteiger charge is 2.25. The number of piperazine rings is 1. The number of carbonyl (C=O) groups excluding carboxylic acids is 2. The second-order valence-corrected chi connectivity index (χ2v) is 8.59. The van der Waals surface area contributed by atoms with Crippen LogP contribution in [0.3, 0.4) is 0 Å². The lowest BCUT2D eigenvalue weighted by atomic mass is 10.1. The zero-order valence-corrected chi connectivity index (χ0v) is 20.3. The summed E-state index contributed by atoms with van der Waals surface area (Å²) in [7, 11) is 0. The highest BCUT2D eigenvalue weighted by molar-refractivity contribution is 5.77. The number of ether oxygens (including phenoxy) is 1. The van der Waals surface area contributed by atoms with Gasteiger partial charge in [0.1, 0.15) is 0 Å². The van der Waals surface area contributed by atoms with E-state index in [4.69, 9.17) is 4.74 Å². The Bertz CT molecular complexity index is 1260. The van der Waals surface area contributed by atoms with Gasteiger partial charge in [0.25, 0.3) is 11.3 Å². The highest BCUT2D eigenvalue weighted by Crippen LogP contribution is 2.11. The maximum atomic E-state index is 13.1. The fraction of sp³-hybridized carbons (Fsp3) is 0.458. The Balaban J connectivity index is 1.37. The summed E-state index contributed by atoms with van der Waals surface area (Å²) in [5.41, 5.74) is 3.06. The molecule has 2 amide bonds. The van der Waals surface area contributed by atoms with Crippen molar-refractivity contribution in [2.24, 2.45) is 0 Å². The Morgan fingerprint density at radius 2 is 1.74 bits per heavy atom. The molecule has 0 atom stereocenters. The van der Waals surface area contributed by atoms with E-state index in [2.05, 4.69) is 20.4 Å². The van der Waals surface area contributed by atoms with Gasteiger partial charge in [0.2, 0.25) is 11.9 Å². The third-order valence-electron chi connectivity index (χ3n) is 6.12. The van der Waals surface area contributed by atoms with Crippen LogP contribution in [0.2, 0.25) is 0 Å². The molecule has 11 nitrogen and oxygen atoms in total. The van der Waals surface area contributed by atoms with Crippen LogP contribution in [-0.4, -0.2) is 74.2 Å². The number of amides is 2. The number of aromatic nitrogens is 4. The lowest BCUT2D eigenvalue weighted by Crippen LogP contribution is -2.50. The minimum absolute atomic E-state index is 0.0533. The van der Waals surface area contributed by atoms with E-state index < -0.39 is 0 Å². The van der Waals surface area contributed by atoms with Crippen LogP contribution in [0.5, 0.6) is 0 Å². The highest BCUT2D eigenvalue weighted by atomic mass is 16.6. The van der Waals surface area contributed by atoms with Gasteiger partial charge in [0, 0.05) is 44.7 Å². The van der Waals surface area contributed by atoms with Gasteiger partial charge in [0.05, 0.1) is 12.3 Å². The Morgan fingerprint density at radius 3 is 2.43 bits per heavy atom. The lowest BCUT2D eigenvalue weighted by molar-refractivity contribution is -0.132. The maximum absolute atomic E-state index is 13.1. The normalized spacial score (nSPS) is 13.8. The monoisotopic (exact) mass is 481 g/mol. The van der Waals surface area contributed by atoms with E-state index in [1.807, 2.05) is 31.2 Å². The third kappa shape index (κ3) is 5.61. The minimum Gasteiger partial charge on any atom is -0.450 e. The summed E-state index contributed by atoms with van der Waals surface area (Å²) >= 11 is 0. The van der Waals surface area contributed by atoms with Crippen LogP contribution in [0.15, 0.2) is 29.1 Å². The molecule has 2 N–H and O–H groups in total. The largest absolute Gasteiger partial charge is 0.450 e. The summed E-state index contributed by atoms with van der Waals surface area (Å²) in [4.78, 5) is 49.8. The van der Waals surface area contributed by atoms with Gasteiger partial charge in [-0.1, -0.05) is 29.8 Å². The zero-order valence-electron chi connectivity index (χ0n) is 20.3. The molecule has 1 fully saturated rings. The van der Waals surface area contributed by atoms with Gasteiger partial charge in [-0.3, -0.25) is 14.7 Å². The molecule has 4 rings (SSSR count). The molecule has 1 saturated heterocycles. The van der Waals surface area contributed by atoms with Gasteiger partial charge in [0.15, 0.2) is 0 Å². The number of hydrogen-bond acceptors (Lipinski definition) is 7. The van der Waals surface area contributed by atoms with E-state index in [-0.39, 0.29) is 36.2 Å². The first-order valence-corrected chi connectivity index (χ1v) is 11.8. The van der Waals surface area contributed by atoms with E-state index in [0.29, 0.717) is 56.5 Å². The van der Waals surface area contributed by atoms with Gasteiger partial charge in [-0.2, -0.15) is 9.50 Å². The van der Waals surface area contributed by atoms with Gasteiger partial charge in [-0.15, -0.1) is 0 Å². The number of rotatable bonds is 7. The number of fused-ring (bicyclic) bond motifs is 1. The van der Waals surface area contributed by atoms with Crippen LogP contribution in [0, 0.1) is 13.8 Å². The summed E-state index contributed by atoms with van der Waals surface area (Å²) in [6, 6.07) is 8.15. The summed E-state index contributed by atoms with van der Waals surface area (Å²) in [5.74, 6) is 0.675. The summed E-state index contributed by atoms with van der Waals surface area (Å²) in [6.07, 6.45) is 0.119. The third-order valence-corrected chi connectivity index (χ3v) is 6.12. The van der Waals surface area contributed by atoms with E-state index in [9.17, 15) is 14.4 Å². The Morgan fingerprint density at radius 1 is 1.06 bits per heavy atom. The van der Waals surface area contributed by atoms with Crippen molar-refractivity contribution in [1.29, 1.82) is 0 Å². The molecule has 1 aliphatic rings. The number of benzene rings is 1. The number of hydrogen-bond donors (Lipinski definition) is 2. The van der Waals surface area contributed by atoms with Gasteiger partial charge >= 0.3 is 6.09 Å². The zero-order chi connectivity index (χ0) is 24.9. The minimum atomic E-state index is -0.352. The quantitative estimate of drug-likeness (QED) is 0.528. The number of carbonyl (C=O) groups is 2. The average molecular weight is 482 g/mol. The molecular formula is C24H31N7O4. The Kier molecular flexibility index (Phi) is 7.33. The number of anilines is 1. The molecule has 2 aromatic heterocycles. The molecule has 1 aromatic carbocycles. The summed E-state index contributed by atoms with van der Waals surface area (Å²) < 4.78 is 6.32. The topological polar surface area (TPSA) is 125 Å². The van der Waals surface area contributed by atoms with Crippen molar-refractivity contribution in [1.82, 2.24) is 29.4 Å². The predicted molar refractivity (Wildman–Crippen MR) is 130 cm³/mol. The molecule has 35 heavy (non-hydrogen) atoms. The number of nitrogens with one attached hydrogen (secondary N) is 2. The van der Waals surface area contributed by atoms with Crippen LogP contribution in [0.1, 0.15) is 35.7 Å². The molecule has 1 aliphatic heterocycles. The Hall–Kier alpha value is -3.89. The molecule has 11 heteroatoms. The van der Waals surface area contributed by atoms with Crippen molar-refractivity contribution in [3.8, 4) is 0 Å². The lowest BCUT2D eigenvalue weighted by Gasteiger charge is -2.34. The van der Waals surface area contributed by atoms with Crippen molar-refractivity contribution in [3.05, 3.63) is 57.0 Å². The number of nitrogens with zero attached hydrogens (tertiary/aromatic N) is 5. The smallest absolute Gasteiger partial charge is 0.409 e. The van der Waals surface area contributed by atoms with Crippen LogP contribution >= 0.6 is 0 Å². The standard InChI is InChI=1S/C24H31N7O4/c1-4-35-24(34)30-13-11-29(12-14-30)20(32)10-9-19-17(3)26-23-27-22(28-31(23)21(19)33)25-15-18-7-5-16(2)6-8-18/h5-8H,4,9-15H2,1-3H3,(H2,25,26,27,28). The Labute approximate surface area is 203 Å². The molecule has 0 unspecified atom stereocenters. The van der Waals surface area contributed by atoms with Crippen molar-refractivity contribution in [2.75, 3.05) is 38.1 Å². The van der Waals surface area contributed by atoms with E-state index in [1.165, 1.54) is 10.1 Å². The molecule has 0 radical (unpaired) electrons. The van der Waals surface area contributed by atoms with Crippen molar-refractivity contribution in [2.45, 2.75) is 40.2 Å². The first kappa shape index (κ1) is 24.2. The summed E-state index contributed by atoms with van der Waals surface area (Å²) in [6.45, 7) is 8.21. The van der Waals surface area contributed by atoms with Crippen LogP contribution in [-0.2, 0) is 22.5 Å². The fourth-order valence-corrected chi connectivity index (χ4v) is 4.06. The van der Waals surface area contributed by atoms with E-state index in [0.717, 1.165) is 5.56 Å². The SMILES string of the molecule is CCOC(=O)N1CCN(C(=O)CCc2c(C)nc3nc(NCc4ccc(C)cc4)[nH]n3c2=O)CC1.